The van der Waals surface area contributed by atoms with Crippen LogP contribution in [0.25, 0.3) is 0 Å². The fraction of sp³-hybridized carbons (Fsp3) is 0.385. The fourth-order valence-electron chi connectivity index (χ4n) is 6.00. The maximum absolute atomic E-state index is 13.4. The van der Waals surface area contributed by atoms with E-state index in [-0.39, 0.29) is 46.5 Å². The van der Waals surface area contributed by atoms with E-state index in [0.717, 1.165) is 5.57 Å². The molecule has 1 fully saturated rings. The van der Waals surface area contributed by atoms with Crippen LogP contribution < -0.4 is 0 Å². The number of likely N-dealkylation sites (tertiary alicyclic amines) is 1. The molecule has 2 amide bonds. The van der Waals surface area contributed by atoms with E-state index in [1.54, 1.807) is 13.0 Å². The maximum atomic E-state index is 13.4. The molecule has 0 radical (unpaired) electrons. The van der Waals surface area contributed by atoms with E-state index in [0.29, 0.717) is 41.7 Å². The quantitative estimate of drug-likeness (QED) is 0.415. The summed E-state index contributed by atoms with van der Waals surface area (Å²) in [5.74, 6) is -2.74. The Bertz CT molecular complexity index is 1220. The van der Waals surface area contributed by atoms with Crippen LogP contribution in [0.15, 0.2) is 52.6 Å². The summed E-state index contributed by atoms with van der Waals surface area (Å²) in [7, 11) is 0. The van der Waals surface area contributed by atoms with Gasteiger partial charge in [-0.1, -0.05) is 36.2 Å². The van der Waals surface area contributed by atoms with Gasteiger partial charge in [0.1, 0.15) is 5.75 Å². The van der Waals surface area contributed by atoms with Gasteiger partial charge in [-0.05, 0) is 55.9 Å². The second-order valence-corrected chi connectivity index (χ2v) is 9.67. The highest BCUT2D eigenvalue weighted by Gasteiger charge is 2.56. The molecule has 0 bridgehead atoms. The lowest BCUT2D eigenvalue weighted by atomic mass is 9.59. The molecule has 1 aliphatic heterocycles. The number of phenolic OH excluding ortho intramolecular Hbond substituents is 1. The number of imide groups is 1. The summed E-state index contributed by atoms with van der Waals surface area (Å²) in [6, 6.07) is 4.58. The lowest BCUT2D eigenvalue weighted by Crippen LogP contribution is -2.39. The van der Waals surface area contributed by atoms with Gasteiger partial charge in [0.15, 0.2) is 11.6 Å². The largest absolute Gasteiger partial charge is 0.508 e. The maximum Gasteiger partial charge on any atom is 0.233 e. The Morgan fingerprint density at radius 2 is 1.88 bits per heavy atom. The molecular weight excluding hydrogens is 442 g/mol. The molecule has 1 aromatic rings. The molecule has 4 aliphatic rings. The Labute approximate surface area is 196 Å². The molecule has 7 heteroatoms. The van der Waals surface area contributed by atoms with Crippen molar-refractivity contribution >= 4 is 35.0 Å². The molecular formula is C26H24ClNO5. The van der Waals surface area contributed by atoms with Gasteiger partial charge in [-0.15, -0.1) is 0 Å². The van der Waals surface area contributed by atoms with Crippen molar-refractivity contribution in [1.82, 2.24) is 4.90 Å². The van der Waals surface area contributed by atoms with Gasteiger partial charge in [0.2, 0.25) is 11.8 Å². The zero-order valence-electron chi connectivity index (χ0n) is 18.4. The topological polar surface area (TPSA) is 91.8 Å². The monoisotopic (exact) mass is 465 g/mol. The lowest BCUT2D eigenvalue weighted by Gasteiger charge is -2.42. The number of amides is 2. The number of carbonyl (C=O) groups excluding carboxylic acids is 4. The lowest BCUT2D eigenvalue weighted by molar-refractivity contribution is -0.140. The van der Waals surface area contributed by atoms with Gasteiger partial charge >= 0.3 is 0 Å². The van der Waals surface area contributed by atoms with E-state index in [1.165, 1.54) is 23.1 Å². The number of allylic oxidation sites excluding steroid dienone is 6. The van der Waals surface area contributed by atoms with Crippen molar-refractivity contribution in [3.8, 4) is 5.75 Å². The Hall–Kier alpha value is -2.99. The standard InChI is InChI=1S/C26H24ClNO5/c1-3-8-28-25(32)16-7-6-14-17(22(16)26(28)33)11-18-23(20(30)9-12(2)24(18)31)21(14)15-5-4-13(29)10-19(15)27/h4-6,9-10,16-17,21-22,29H,3,7-8,11H2,1-2H3. The number of rotatable bonds is 3. The molecule has 6 nitrogen and oxygen atoms in total. The summed E-state index contributed by atoms with van der Waals surface area (Å²) in [6.45, 7) is 3.93. The minimum atomic E-state index is -0.600. The second-order valence-electron chi connectivity index (χ2n) is 9.26. The molecule has 1 heterocycles. The Kier molecular flexibility index (Phi) is 5.16. The van der Waals surface area contributed by atoms with E-state index >= 15 is 0 Å². The average molecular weight is 466 g/mol. The predicted molar refractivity (Wildman–Crippen MR) is 121 cm³/mol. The van der Waals surface area contributed by atoms with Crippen LogP contribution in [0.1, 0.15) is 44.6 Å². The highest BCUT2D eigenvalue weighted by molar-refractivity contribution is 6.32. The van der Waals surface area contributed by atoms with Gasteiger partial charge in [0, 0.05) is 34.2 Å². The SMILES string of the molecule is CCCN1C(=O)C2CC=C3C(c4ccc(O)cc4Cl)C4=C(CC3C2C1=O)C(=O)C(C)=CC4=O. The molecule has 170 valence electrons. The smallest absolute Gasteiger partial charge is 0.233 e. The number of fused-ring (bicyclic) bond motifs is 3. The minimum absolute atomic E-state index is 0.00318. The molecule has 5 rings (SSSR count). The number of ketones is 2. The number of phenols is 1. The third-order valence-corrected chi connectivity index (χ3v) is 7.72. The molecule has 4 atom stereocenters. The number of aromatic hydroxyl groups is 1. The number of hydrogen-bond acceptors (Lipinski definition) is 5. The van der Waals surface area contributed by atoms with E-state index in [4.69, 9.17) is 11.6 Å². The van der Waals surface area contributed by atoms with E-state index < -0.39 is 17.8 Å². The first kappa shape index (κ1) is 21.8. The van der Waals surface area contributed by atoms with Gasteiger partial charge in [-0.2, -0.15) is 0 Å². The normalized spacial score (nSPS) is 29.0. The van der Waals surface area contributed by atoms with E-state index in [1.807, 2.05) is 13.0 Å². The summed E-state index contributed by atoms with van der Waals surface area (Å²) in [5.41, 5.74) is 2.63. The van der Waals surface area contributed by atoms with Crippen molar-refractivity contribution in [2.45, 2.75) is 39.0 Å². The summed E-state index contributed by atoms with van der Waals surface area (Å²) in [4.78, 5) is 54.0. The van der Waals surface area contributed by atoms with Crippen molar-refractivity contribution in [3.05, 3.63) is 63.2 Å². The van der Waals surface area contributed by atoms with Gasteiger partial charge < -0.3 is 5.11 Å². The van der Waals surface area contributed by atoms with Crippen LogP contribution in [0, 0.1) is 17.8 Å². The van der Waals surface area contributed by atoms with Crippen LogP contribution in [0.3, 0.4) is 0 Å². The minimum Gasteiger partial charge on any atom is -0.508 e. The van der Waals surface area contributed by atoms with Gasteiger partial charge in [-0.3, -0.25) is 24.1 Å². The van der Waals surface area contributed by atoms with Crippen molar-refractivity contribution in [1.29, 1.82) is 0 Å². The molecule has 0 saturated carbocycles. The first-order valence-corrected chi connectivity index (χ1v) is 11.7. The molecule has 1 saturated heterocycles. The summed E-state index contributed by atoms with van der Waals surface area (Å²) < 4.78 is 0. The highest BCUT2D eigenvalue weighted by Crippen LogP contribution is 2.55. The number of hydrogen-bond donors (Lipinski definition) is 1. The molecule has 0 spiro atoms. The molecule has 0 aromatic heterocycles. The van der Waals surface area contributed by atoms with Crippen LogP contribution in [0.2, 0.25) is 5.02 Å². The molecule has 1 aromatic carbocycles. The molecule has 4 unspecified atom stereocenters. The number of halogens is 1. The molecule has 1 N–H and O–H groups in total. The number of nitrogens with zero attached hydrogens (tertiary/aromatic N) is 1. The van der Waals surface area contributed by atoms with Gasteiger partial charge in [0.25, 0.3) is 0 Å². The van der Waals surface area contributed by atoms with Crippen molar-refractivity contribution < 1.29 is 24.3 Å². The third kappa shape index (κ3) is 3.15. The van der Waals surface area contributed by atoms with E-state index in [9.17, 15) is 24.3 Å². The summed E-state index contributed by atoms with van der Waals surface area (Å²) >= 11 is 6.51. The zero-order valence-corrected chi connectivity index (χ0v) is 19.2. The first-order chi connectivity index (χ1) is 15.7. The average Bonchev–Trinajstić information content (AvgIpc) is 3.02. The van der Waals surface area contributed by atoms with E-state index in [2.05, 4.69) is 0 Å². The number of Topliss-reactive ketones (excluding diaryl/α,β-unsaturated/α-hetero) is 1. The van der Waals surface area contributed by atoms with Crippen LogP contribution in [-0.2, 0) is 19.2 Å². The van der Waals surface area contributed by atoms with Gasteiger partial charge in [0.05, 0.1) is 11.8 Å². The summed E-state index contributed by atoms with van der Waals surface area (Å²) in [6.07, 6.45) is 4.67. The van der Waals surface area contributed by atoms with Crippen molar-refractivity contribution in [2.75, 3.05) is 6.54 Å². The third-order valence-electron chi connectivity index (χ3n) is 7.40. The first-order valence-electron chi connectivity index (χ1n) is 11.3. The van der Waals surface area contributed by atoms with Crippen molar-refractivity contribution in [2.24, 2.45) is 17.8 Å². The number of benzene rings is 1. The Balaban J connectivity index is 1.69. The second kappa shape index (κ2) is 7.80. The zero-order chi connectivity index (χ0) is 23.6. The molecule has 3 aliphatic carbocycles. The van der Waals surface area contributed by atoms with Crippen LogP contribution >= 0.6 is 11.6 Å². The van der Waals surface area contributed by atoms with Crippen LogP contribution in [-0.4, -0.2) is 39.9 Å². The van der Waals surface area contributed by atoms with Crippen molar-refractivity contribution in [3.63, 3.8) is 0 Å². The van der Waals surface area contributed by atoms with Gasteiger partial charge in [-0.25, -0.2) is 0 Å². The predicted octanol–water partition coefficient (Wildman–Crippen LogP) is 3.89. The highest BCUT2D eigenvalue weighted by atomic mass is 35.5. The van der Waals surface area contributed by atoms with Crippen LogP contribution in [0.4, 0.5) is 0 Å². The Morgan fingerprint density at radius 3 is 2.58 bits per heavy atom. The summed E-state index contributed by atoms with van der Waals surface area (Å²) in [5, 5.41) is 10.1. The molecule has 33 heavy (non-hydrogen) atoms. The number of carbonyl (C=O) groups is 4. The fourth-order valence-corrected chi connectivity index (χ4v) is 6.28. The Morgan fingerprint density at radius 1 is 1.12 bits per heavy atom. The van der Waals surface area contributed by atoms with Crippen LogP contribution in [0.5, 0.6) is 5.75 Å².